The Hall–Kier alpha value is -6.70. The third-order valence-electron chi connectivity index (χ3n) is 11.5. The number of thioether (sulfide) groups is 1. The van der Waals surface area contributed by atoms with Crippen molar-refractivity contribution in [2.75, 3.05) is 9.80 Å². The van der Waals surface area contributed by atoms with Gasteiger partial charge < -0.3 is 9.80 Å². The van der Waals surface area contributed by atoms with Crippen molar-refractivity contribution in [3.8, 4) is 22.3 Å². The molecule has 0 atom stereocenters. The molecule has 9 aromatic rings. The molecular weight excluding hydrogens is 740 g/mol. The summed E-state index contributed by atoms with van der Waals surface area (Å²) in [6.07, 6.45) is 0. The van der Waals surface area contributed by atoms with Crippen molar-refractivity contribution in [3.63, 3.8) is 0 Å². The topological polar surface area (TPSA) is 6.48 Å². The summed E-state index contributed by atoms with van der Waals surface area (Å²) in [6.45, 7) is -0.256. The van der Waals surface area contributed by atoms with E-state index in [4.69, 9.17) is 0 Å². The van der Waals surface area contributed by atoms with Gasteiger partial charge in [-0.1, -0.05) is 158 Å². The molecule has 0 saturated carbocycles. The zero-order chi connectivity index (χ0) is 39.0. The highest BCUT2D eigenvalue weighted by Gasteiger charge is 2.45. The number of fused-ring (bicyclic) bond motifs is 8. The predicted molar refractivity (Wildman–Crippen MR) is 238 cm³/mol. The van der Waals surface area contributed by atoms with Gasteiger partial charge >= 0.3 is 5.51 Å². The van der Waals surface area contributed by atoms with E-state index in [1.54, 1.807) is 12.1 Å². The maximum Gasteiger partial charge on any atom is 0.446 e. The van der Waals surface area contributed by atoms with Crippen LogP contribution < -0.4 is 26.2 Å². The van der Waals surface area contributed by atoms with Crippen LogP contribution in [0.3, 0.4) is 0 Å². The lowest BCUT2D eigenvalue weighted by molar-refractivity contribution is -0.0328. The number of hydrogen-bond acceptors (Lipinski definition) is 3. The fourth-order valence-electron chi connectivity index (χ4n) is 9.09. The molecule has 2 aliphatic heterocycles. The van der Waals surface area contributed by atoms with E-state index in [9.17, 15) is 13.2 Å². The number of benzene rings is 9. The quantitative estimate of drug-likeness (QED) is 0.127. The van der Waals surface area contributed by atoms with Gasteiger partial charge in [-0.15, -0.1) is 0 Å². The molecule has 0 radical (unpaired) electrons. The van der Waals surface area contributed by atoms with E-state index in [2.05, 4.69) is 131 Å². The van der Waals surface area contributed by atoms with Gasteiger partial charge in [-0.3, -0.25) is 0 Å². The Labute approximate surface area is 338 Å². The first-order valence-electron chi connectivity index (χ1n) is 19.3. The first kappa shape index (κ1) is 34.5. The Morgan fingerprint density at radius 2 is 0.810 bits per heavy atom. The number of anilines is 6. The van der Waals surface area contributed by atoms with Crippen LogP contribution >= 0.6 is 11.8 Å². The molecule has 7 heteroatoms. The number of hydrogen-bond donors (Lipinski definition) is 0. The fraction of sp³-hybridized carbons (Fsp3) is 0.0196. The minimum absolute atomic E-state index is 0.0612. The molecule has 2 aliphatic rings. The van der Waals surface area contributed by atoms with Crippen LogP contribution in [-0.2, 0) is 0 Å². The summed E-state index contributed by atoms with van der Waals surface area (Å²) in [5.74, 6) is 0. The Morgan fingerprint density at radius 3 is 1.24 bits per heavy atom. The summed E-state index contributed by atoms with van der Waals surface area (Å²) in [7, 11) is 0. The second kappa shape index (κ2) is 13.5. The van der Waals surface area contributed by atoms with Crippen LogP contribution in [0.4, 0.5) is 47.3 Å². The molecule has 0 saturated heterocycles. The lowest BCUT2D eigenvalue weighted by Crippen LogP contribution is -2.61. The molecule has 0 amide bonds. The van der Waals surface area contributed by atoms with Crippen molar-refractivity contribution < 1.29 is 13.2 Å². The summed E-state index contributed by atoms with van der Waals surface area (Å²) >= 11 is -0.0612. The van der Waals surface area contributed by atoms with Gasteiger partial charge in [-0.25, -0.2) is 0 Å². The summed E-state index contributed by atoms with van der Waals surface area (Å²) in [5, 5.41) is 4.20. The second-order valence-corrected chi connectivity index (χ2v) is 15.9. The van der Waals surface area contributed by atoms with E-state index in [-0.39, 0.29) is 23.4 Å². The van der Waals surface area contributed by atoms with Gasteiger partial charge in [0.25, 0.3) is 6.71 Å². The third-order valence-corrected chi connectivity index (χ3v) is 12.2. The molecule has 2 nitrogen and oxygen atoms in total. The van der Waals surface area contributed by atoms with Crippen LogP contribution in [-0.4, -0.2) is 12.2 Å². The van der Waals surface area contributed by atoms with Crippen molar-refractivity contribution in [1.29, 1.82) is 0 Å². The molecule has 9 aromatic carbocycles. The molecule has 2 heterocycles. The van der Waals surface area contributed by atoms with Crippen molar-refractivity contribution in [2.45, 2.75) is 10.4 Å². The Balaban J connectivity index is 1.22. The Kier molecular flexibility index (Phi) is 8.02. The maximum atomic E-state index is 14.6. The van der Waals surface area contributed by atoms with Crippen molar-refractivity contribution >= 4 is 90.5 Å². The average molecular weight is 773 g/mol. The van der Waals surface area contributed by atoms with Crippen LogP contribution in [0.2, 0.25) is 0 Å². The number of alkyl halides is 3. The van der Waals surface area contributed by atoms with Gasteiger partial charge in [0.05, 0.1) is 0 Å². The van der Waals surface area contributed by atoms with E-state index >= 15 is 0 Å². The number of halogens is 3. The molecule has 0 aliphatic carbocycles. The molecule has 0 aromatic heterocycles. The van der Waals surface area contributed by atoms with E-state index in [1.807, 2.05) is 60.7 Å². The standard InChI is InChI=1S/C51H32BF3N2S/c53-51(54,55)58-41-31-46-48-47(32-41)57(40-27-21-36(22-28-40)34-13-5-2-6-14-34)50-43-18-10-8-16-38(43)24-30-45(50)52(48)44-29-23-37-15-7-9-17-42(37)49(44)56(46)39-25-19-35(20-26-39)33-11-3-1-4-12-33/h1-32H. The molecule has 0 bridgehead atoms. The maximum absolute atomic E-state index is 14.6. The molecule has 58 heavy (non-hydrogen) atoms. The molecule has 0 unspecified atom stereocenters. The molecule has 0 N–H and O–H groups in total. The SMILES string of the molecule is FC(F)(F)Sc1cc2c3c(c1)N(c1ccc(-c4ccccc4)cc1)c1c(ccc4ccccc14)B3c1ccc3ccccc3c1N2c1ccc(-c2ccccc2)cc1. The molecule has 11 rings (SSSR count). The van der Waals surface area contributed by atoms with Gasteiger partial charge in [0, 0.05) is 49.8 Å². The predicted octanol–water partition coefficient (Wildman–Crippen LogP) is 13.0. The second-order valence-electron chi connectivity index (χ2n) is 14.8. The fourth-order valence-corrected chi connectivity index (χ4v) is 9.70. The molecular formula is C51H32BF3N2S. The van der Waals surface area contributed by atoms with Gasteiger partial charge in [0.1, 0.15) is 0 Å². The van der Waals surface area contributed by atoms with E-state index < -0.39 is 5.51 Å². The Bertz CT molecular complexity index is 2830. The highest BCUT2D eigenvalue weighted by atomic mass is 32.2. The summed E-state index contributed by atoms with van der Waals surface area (Å²) in [5.41, 5.74) is 8.15. The number of rotatable bonds is 5. The first-order chi connectivity index (χ1) is 28.4. The van der Waals surface area contributed by atoms with Gasteiger partial charge in [0.2, 0.25) is 0 Å². The van der Waals surface area contributed by atoms with Crippen molar-refractivity contribution in [1.82, 2.24) is 0 Å². The highest BCUT2D eigenvalue weighted by molar-refractivity contribution is 8.00. The minimum Gasteiger partial charge on any atom is -0.311 e. The Morgan fingerprint density at radius 1 is 0.414 bits per heavy atom. The smallest absolute Gasteiger partial charge is 0.311 e. The molecule has 276 valence electrons. The lowest BCUT2D eigenvalue weighted by Gasteiger charge is -2.45. The van der Waals surface area contributed by atoms with Crippen molar-refractivity contribution in [3.05, 3.63) is 194 Å². The lowest BCUT2D eigenvalue weighted by atomic mass is 9.33. The summed E-state index contributed by atoms with van der Waals surface area (Å²) < 4.78 is 43.7. The zero-order valence-electron chi connectivity index (χ0n) is 31.0. The normalized spacial score (nSPS) is 13.1. The van der Waals surface area contributed by atoms with Crippen molar-refractivity contribution in [2.24, 2.45) is 0 Å². The van der Waals surface area contributed by atoms with Crippen LogP contribution in [0.5, 0.6) is 0 Å². The van der Waals surface area contributed by atoms with E-state index in [1.165, 1.54) is 0 Å². The van der Waals surface area contributed by atoms with Crippen LogP contribution in [0.1, 0.15) is 0 Å². The number of nitrogens with zero attached hydrogens (tertiary/aromatic N) is 2. The molecule has 0 fully saturated rings. The van der Waals surface area contributed by atoms with Crippen LogP contribution in [0, 0.1) is 0 Å². The summed E-state index contributed by atoms with van der Waals surface area (Å²) in [4.78, 5) is 4.53. The first-order valence-corrected chi connectivity index (χ1v) is 20.1. The third kappa shape index (κ3) is 5.68. The molecule has 0 spiro atoms. The largest absolute Gasteiger partial charge is 0.446 e. The van der Waals surface area contributed by atoms with Gasteiger partial charge in [-0.2, -0.15) is 13.2 Å². The van der Waals surface area contributed by atoms with E-state index in [0.29, 0.717) is 0 Å². The van der Waals surface area contributed by atoms with Crippen LogP contribution in [0.25, 0.3) is 43.8 Å². The summed E-state index contributed by atoms with van der Waals surface area (Å²) in [6, 6.07) is 66.1. The van der Waals surface area contributed by atoms with E-state index in [0.717, 1.165) is 94.3 Å². The minimum atomic E-state index is -4.50. The monoisotopic (exact) mass is 772 g/mol. The average Bonchev–Trinajstić information content (AvgIpc) is 3.26. The van der Waals surface area contributed by atoms with Gasteiger partial charge in [-0.05, 0) is 97.6 Å². The van der Waals surface area contributed by atoms with Crippen LogP contribution in [0.15, 0.2) is 199 Å². The van der Waals surface area contributed by atoms with Gasteiger partial charge in [0.15, 0.2) is 0 Å². The highest BCUT2D eigenvalue weighted by Crippen LogP contribution is 2.50. The zero-order valence-corrected chi connectivity index (χ0v) is 31.8.